The number of guanidine groups is 1. The second kappa shape index (κ2) is 12.7. The molecule has 2 fully saturated rings. The van der Waals surface area contributed by atoms with Crippen LogP contribution in [0.2, 0.25) is 0 Å². The SMILES string of the molecule is CCNC(=NCC1(N2CCCC2)CCOCC1)NCC(C)Oc1ccccc1C.I. The normalized spacial score (nSPS) is 20.3. The first-order chi connectivity index (χ1) is 14.1. The van der Waals surface area contributed by atoms with E-state index in [1.54, 1.807) is 0 Å². The quantitative estimate of drug-likeness (QED) is 0.306. The van der Waals surface area contributed by atoms with Crippen molar-refractivity contribution in [1.29, 1.82) is 0 Å². The fourth-order valence-electron chi connectivity index (χ4n) is 4.27. The number of nitrogens with zero attached hydrogens (tertiary/aromatic N) is 2. The summed E-state index contributed by atoms with van der Waals surface area (Å²) in [5.74, 6) is 1.82. The Balaban J connectivity index is 0.00000320. The number of para-hydroxylation sites is 1. The van der Waals surface area contributed by atoms with Crippen LogP contribution in [0.25, 0.3) is 0 Å². The lowest BCUT2D eigenvalue weighted by atomic mass is 9.88. The van der Waals surface area contributed by atoms with Crippen LogP contribution in [0.3, 0.4) is 0 Å². The van der Waals surface area contributed by atoms with E-state index in [1.165, 1.54) is 25.9 Å². The summed E-state index contributed by atoms with van der Waals surface area (Å²) in [7, 11) is 0. The molecule has 6 nitrogen and oxygen atoms in total. The summed E-state index contributed by atoms with van der Waals surface area (Å²) >= 11 is 0. The molecule has 2 aliphatic rings. The van der Waals surface area contributed by atoms with Crippen molar-refractivity contribution >= 4 is 29.9 Å². The Morgan fingerprint density at radius 3 is 2.57 bits per heavy atom. The Kier molecular flexibility index (Phi) is 10.7. The molecule has 7 heteroatoms. The van der Waals surface area contributed by atoms with Crippen LogP contribution in [0.15, 0.2) is 29.3 Å². The maximum absolute atomic E-state index is 6.10. The zero-order valence-electron chi connectivity index (χ0n) is 18.8. The molecular formula is C23H39IN4O2. The summed E-state index contributed by atoms with van der Waals surface area (Å²) in [6.07, 6.45) is 4.80. The Morgan fingerprint density at radius 1 is 1.20 bits per heavy atom. The number of aryl methyl sites for hydroxylation is 1. The first-order valence-electron chi connectivity index (χ1n) is 11.2. The molecule has 0 aliphatic carbocycles. The van der Waals surface area contributed by atoms with Crippen LogP contribution in [0.5, 0.6) is 5.75 Å². The fraction of sp³-hybridized carbons (Fsp3) is 0.696. The van der Waals surface area contributed by atoms with Crippen molar-refractivity contribution in [2.24, 2.45) is 4.99 Å². The topological polar surface area (TPSA) is 58.1 Å². The zero-order valence-corrected chi connectivity index (χ0v) is 21.1. The number of ether oxygens (including phenoxy) is 2. The third-order valence-corrected chi connectivity index (χ3v) is 6.05. The molecule has 1 atom stereocenters. The minimum absolute atomic E-state index is 0. The van der Waals surface area contributed by atoms with Crippen molar-refractivity contribution in [2.75, 3.05) is 45.9 Å². The molecular weight excluding hydrogens is 491 g/mol. The molecule has 0 bridgehead atoms. The molecule has 2 heterocycles. The van der Waals surface area contributed by atoms with Gasteiger partial charge in [-0.15, -0.1) is 24.0 Å². The third-order valence-electron chi connectivity index (χ3n) is 6.05. The lowest BCUT2D eigenvalue weighted by Gasteiger charge is -2.43. The molecule has 2 saturated heterocycles. The average molecular weight is 530 g/mol. The number of hydrogen-bond acceptors (Lipinski definition) is 4. The predicted molar refractivity (Wildman–Crippen MR) is 134 cm³/mol. The van der Waals surface area contributed by atoms with E-state index in [4.69, 9.17) is 14.5 Å². The van der Waals surface area contributed by atoms with Gasteiger partial charge in [-0.25, -0.2) is 0 Å². The molecule has 0 amide bonds. The monoisotopic (exact) mass is 530 g/mol. The number of likely N-dealkylation sites (tertiary alicyclic amines) is 1. The number of aliphatic imine (C=N–C) groups is 1. The summed E-state index contributed by atoms with van der Waals surface area (Å²) < 4.78 is 11.8. The fourth-order valence-corrected chi connectivity index (χ4v) is 4.27. The van der Waals surface area contributed by atoms with E-state index < -0.39 is 0 Å². The van der Waals surface area contributed by atoms with Gasteiger partial charge in [-0.05, 0) is 71.2 Å². The van der Waals surface area contributed by atoms with Gasteiger partial charge in [0, 0.05) is 25.3 Å². The maximum atomic E-state index is 6.10. The van der Waals surface area contributed by atoms with Crippen molar-refractivity contribution in [3.63, 3.8) is 0 Å². The molecule has 1 unspecified atom stereocenters. The van der Waals surface area contributed by atoms with Crippen LogP contribution in [-0.4, -0.2) is 68.4 Å². The largest absolute Gasteiger partial charge is 0.489 e. The summed E-state index contributed by atoms with van der Waals surface area (Å²) in [5, 5.41) is 6.87. The highest BCUT2D eigenvalue weighted by molar-refractivity contribution is 14.0. The van der Waals surface area contributed by atoms with Crippen molar-refractivity contribution in [1.82, 2.24) is 15.5 Å². The Morgan fingerprint density at radius 2 is 1.90 bits per heavy atom. The smallest absolute Gasteiger partial charge is 0.191 e. The van der Waals surface area contributed by atoms with Crippen molar-refractivity contribution in [2.45, 2.75) is 58.1 Å². The molecule has 0 spiro atoms. The molecule has 1 aromatic rings. The maximum Gasteiger partial charge on any atom is 0.191 e. The lowest BCUT2D eigenvalue weighted by molar-refractivity contribution is -0.0139. The van der Waals surface area contributed by atoms with E-state index in [0.29, 0.717) is 6.54 Å². The standard InChI is InChI=1S/C23H38N4O2.HI/c1-4-24-22(25-17-20(3)29-21-10-6-5-9-19(21)2)26-18-23(11-15-28-16-12-23)27-13-7-8-14-27;/h5-6,9-10,20H,4,7-8,11-18H2,1-3H3,(H2,24,25,26);1H. The number of rotatable bonds is 8. The molecule has 2 N–H and O–H groups in total. The molecule has 2 aliphatic heterocycles. The average Bonchev–Trinajstić information content (AvgIpc) is 3.28. The van der Waals surface area contributed by atoms with Gasteiger partial charge in [-0.1, -0.05) is 18.2 Å². The van der Waals surface area contributed by atoms with Crippen molar-refractivity contribution < 1.29 is 9.47 Å². The van der Waals surface area contributed by atoms with E-state index >= 15 is 0 Å². The Bertz CT molecular complexity index is 658. The molecule has 0 radical (unpaired) electrons. The van der Waals surface area contributed by atoms with Crippen LogP contribution in [-0.2, 0) is 4.74 Å². The minimum Gasteiger partial charge on any atom is -0.489 e. The highest BCUT2D eigenvalue weighted by Crippen LogP contribution is 2.31. The summed E-state index contributed by atoms with van der Waals surface area (Å²) in [6, 6.07) is 8.15. The van der Waals surface area contributed by atoms with Gasteiger partial charge in [-0.3, -0.25) is 9.89 Å². The summed E-state index contributed by atoms with van der Waals surface area (Å²) in [6.45, 7) is 12.7. The van der Waals surface area contributed by atoms with Gasteiger partial charge in [0.05, 0.1) is 13.1 Å². The third kappa shape index (κ3) is 6.99. The van der Waals surface area contributed by atoms with Crippen molar-refractivity contribution in [3.8, 4) is 5.75 Å². The van der Waals surface area contributed by atoms with E-state index in [0.717, 1.165) is 56.4 Å². The van der Waals surface area contributed by atoms with E-state index in [1.807, 2.05) is 18.2 Å². The van der Waals surface area contributed by atoms with Crippen LogP contribution in [0.4, 0.5) is 0 Å². The first kappa shape index (κ1) is 25.2. The van der Waals surface area contributed by atoms with Gasteiger partial charge in [0.25, 0.3) is 0 Å². The van der Waals surface area contributed by atoms with E-state index in [-0.39, 0.29) is 35.6 Å². The van der Waals surface area contributed by atoms with Gasteiger partial charge in [0.2, 0.25) is 0 Å². The van der Waals surface area contributed by atoms with Crippen LogP contribution >= 0.6 is 24.0 Å². The highest BCUT2D eigenvalue weighted by Gasteiger charge is 2.39. The molecule has 170 valence electrons. The van der Waals surface area contributed by atoms with Gasteiger partial charge >= 0.3 is 0 Å². The summed E-state index contributed by atoms with van der Waals surface area (Å²) in [5.41, 5.74) is 1.31. The second-order valence-electron chi connectivity index (χ2n) is 8.30. The Labute approximate surface area is 199 Å². The second-order valence-corrected chi connectivity index (χ2v) is 8.30. The van der Waals surface area contributed by atoms with Crippen LogP contribution in [0.1, 0.15) is 45.1 Å². The molecule has 1 aromatic carbocycles. The van der Waals surface area contributed by atoms with E-state index in [2.05, 4.69) is 42.4 Å². The number of nitrogens with one attached hydrogen (secondary N) is 2. The zero-order chi connectivity index (χ0) is 20.5. The van der Waals surface area contributed by atoms with Gasteiger partial charge in [0.15, 0.2) is 5.96 Å². The van der Waals surface area contributed by atoms with Gasteiger partial charge in [-0.2, -0.15) is 0 Å². The van der Waals surface area contributed by atoms with Crippen LogP contribution < -0.4 is 15.4 Å². The lowest BCUT2D eigenvalue weighted by Crippen LogP contribution is -2.54. The van der Waals surface area contributed by atoms with Gasteiger partial charge < -0.3 is 20.1 Å². The number of benzene rings is 1. The molecule has 30 heavy (non-hydrogen) atoms. The van der Waals surface area contributed by atoms with Gasteiger partial charge in [0.1, 0.15) is 11.9 Å². The first-order valence-corrected chi connectivity index (χ1v) is 11.2. The van der Waals surface area contributed by atoms with Crippen LogP contribution in [0, 0.1) is 6.92 Å². The Hall–Kier alpha value is -1.06. The number of halogens is 1. The van der Waals surface area contributed by atoms with Crippen molar-refractivity contribution in [3.05, 3.63) is 29.8 Å². The molecule has 3 rings (SSSR count). The predicted octanol–water partition coefficient (Wildman–Crippen LogP) is 3.58. The minimum atomic E-state index is 0. The molecule has 0 saturated carbocycles. The summed E-state index contributed by atoms with van der Waals surface area (Å²) in [4.78, 5) is 7.65. The molecule has 0 aromatic heterocycles. The van der Waals surface area contributed by atoms with E-state index in [9.17, 15) is 0 Å². The highest BCUT2D eigenvalue weighted by atomic mass is 127. The number of hydrogen-bond donors (Lipinski definition) is 2.